The number of nitrogens with one attached hydrogen (secondary N) is 1. The van der Waals surface area contributed by atoms with Crippen LogP contribution in [0, 0.1) is 0 Å². The van der Waals surface area contributed by atoms with Crippen LogP contribution < -0.4 is 11.1 Å². The average Bonchev–Trinajstić information content (AvgIpc) is 2.47. The quantitative estimate of drug-likeness (QED) is 0.553. The van der Waals surface area contributed by atoms with E-state index in [1.807, 2.05) is 39.8 Å². The van der Waals surface area contributed by atoms with Gasteiger partial charge in [0.15, 0.2) is 0 Å². The van der Waals surface area contributed by atoms with Crippen molar-refractivity contribution in [2.75, 3.05) is 14.1 Å². The highest BCUT2D eigenvalue weighted by atomic mass is 15.3. The first-order valence-electron chi connectivity index (χ1n) is 6.29. The summed E-state index contributed by atoms with van der Waals surface area (Å²) in [6.45, 7) is 13.3. The molecule has 20 heavy (non-hydrogen) atoms. The fourth-order valence-corrected chi connectivity index (χ4v) is 1.15. The standard InChI is InChI=1S/C15H25N5/c1-8-15(16)10-9-11(2)18-19-14(5)20(7)13(4)12(3)17-6/h8-10,17H,1,5,16H2,2-4,6-7H3/b11-9+,13-12-,15-10+,19-18?. The molecule has 0 aromatic carbocycles. The van der Waals surface area contributed by atoms with Gasteiger partial charge in [-0.1, -0.05) is 13.2 Å². The van der Waals surface area contributed by atoms with Crippen LogP contribution in [0.5, 0.6) is 0 Å². The number of nitrogens with two attached hydrogens (primary N) is 1. The summed E-state index contributed by atoms with van der Waals surface area (Å²) in [6, 6.07) is 0. The number of nitrogens with zero attached hydrogens (tertiary/aromatic N) is 3. The van der Waals surface area contributed by atoms with Crippen LogP contribution in [0.2, 0.25) is 0 Å². The predicted molar refractivity (Wildman–Crippen MR) is 85.4 cm³/mol. The third-order valence-electron chi connectivity index (χ3n) is 2.88. The number of rotatable bonds is 7. The van der Waals surface area contributed by atoms with Crippen molar-refractivity contribution < 1.29 is 0 Å². The molecule has 0 unspecified atom stereocenters. The molecule has 0 atom stereocenters. The molecule has 5 nitrogen and oxygen atoms in total. The summed E-state index contributed by atoms with van der Waals surface area (Å²) in [6.07, 6.45) is 5.07. The van der Waals surface area contributed by atoms with E-state index in [4.69, 9.17) is 5.73 Å². The maximum Gasteiger partial charge on any atom is 0.147 e. The first kappa shape index (κ1) is 17.7. The summed E-state index contributed by atoms with van der Waals surface area (Å²) < 4.78 is 0. The van der Waals surface area contributed by atoms with Crippen LogP contribution >= 0.6 is 0 Å². The molecule has 0 radical (unpaired) electrons. The van der Waals surface area contributed by atoms with Crippen LogP contribution in [0.25, 0.3) is 0 Å². The number of allylic oxidation sites excluding steroid dienone is 6. The Bertz CT molecular complexity index is 480. The minimum Gasteiger partial charge on any atom is -0.399 e. The Kier molecular flexibility index (Phi) is 7.74. The van der Waals surface area contributed by atoms with E-state index < -0.39 is 0 Å². The van der Waals surface area contributed by atoms with Gasteiger partial charge in [0.1, 0.15) is 5.82 Å². The minimum absolute atomic E-state index is 0.561. The highest BCUT2D eigenvalue weighted by Gasteiger charge is 2.05. The largest absolute Gasteiger partial charge is 0.399 e. The Labute approximate surface area is 121 Å². The second-order valence-corrected chi connectivity index (χ2v) is 4.31. The zero-order valence-electron chi connectivity index (χ0n) is 13.1. The van der Waals surface area contributed by atoms with Crippen molar-refractivity contribution in [1.82, 2.24) is 10.2 Å². The Morgan fingerprint density at radius 2 is 1.80 bits per heavy atom. The molecule has 0 heterocycles. The fraction of sp³-hybridized carbons (Fsp3) is 0.333. The first-order chi connectivity index (χ1) is 9.33. The van der Waals surface area contributed by atoms with Crippen molar-refractivity contribution in [3.05, 3.63) is 60.0 Å². The van der Waals surface area contributed by atoms with Gasteiger partial charge in [0.25, 0.3) is 0 Å². The molecule has 0 saturated heterocycles. The zero-order valence-corrected chi connectivity index (χ0v) is 13.1. The minimum atomic E-state index is 0.561. The SMILES string of the molecule is C=C/C(N)=C\C=C(/C)N=NC(=C)N(C)/C(C)=C(/C)NC. The summed E-state index contributed by atoms with van der Waals surface area (Å²) in [5.74, 6) is 0.561. The summed E-state index contributed by atoms with van der Waals surface area (Å²) in [7, 11) is 3.77. The lowest BCUT2D eigenvalue weighted by Gasteiger charge is -2.20. The highest BCUT2D eigenvalue weighted by molar-refractivity contribution is 5.21. The van der Waals surface area contributed by atoms with E-state index in [-0.39, 0.29) is 0 Å². The predicted octanol–water partition coefficient (Wildman–Crippen LogP) is 3.24. The number of hydrogen-bond acceptors (Lipinski definition) is 5. The summed E-state index contributed by atoms with van der Waals surface area (Å²) in [4.78, 5) is 1.87. The van der Waals surface area contributed by atoms with Crippen molar-refractivity contribution in [3.8, 4) is 0 Å². The topological polar surface area (TPSA) is 66.0 Å². The zero-order chi connectivity index (χ0) is 15.7. The molecule has 0 aliphatic heterocycles. The lowest BCUT2D eigenvalue weighted by Crippen LogP contribution is -2.18. The van der Waals surface area contributed by atoms with Crippen molar-refractivity contribution in [2.24, 2.45) is 16.0 Å². The van der Waals surface area contributed by atoms with Crippen molar-refractivity contribution in [1.29, 1.82) is 0 Å². The van der Waals surface area contributed by atoms with E-state index in [1.165, 1.54) is 0 Å². The van der Waals surface area contributed by atoms with Gasteiger partial charge >= 0.3 is 0 Å². The molecule has 0 bridgehead atoms. The van der Waals surface area contributed by atoms with E-state index in [0.717, 1.165) is 17.1 Å². The van der Waals surface area contributed by atoms with Gasteiger partial charge in [-0.05, 0) is 39.0 Å². The Hall–Kier alpha value is -2.30. The highest BCUT2D eigenvalue weighted by Crippen LogP contribution is 2.13. The smallest absolute Gasteiger partial charge is 0.147 e. The van der Waals surface area contributed by atoms with E-state index in [2.05, 4.69) is 28.7 Å². The monoisotopic (exact) mass is 275 g/mol. The van der Waals surface area contributed by atoms with Gasteiger partial charge in [0.05, 0.1) is 5.70 Å². The molecule has 0 aliphatic rings. The summed E-state index contributed by atoms with van der Waals surface area (Å²) >= 11 is 0. The normalized spacial score (nSPS) is 14.1. The molecular formula is C15H25N5. The molecule has 0 aliphatic carbocycles. The molecule has 0 aromatic rings. The number of hydrogen-bond donors (Lipinski definition) is 2. The van der Waals surface area contributed by atoms with Gasteiger partial charge in [-0.2, -0.15) is 5.11 Å². The van der Waals surface area contributed by atoms with E-state index in [1.54, 1.807) is 18.2 Å². The average molecular weight is 275 g/mol. The fourth-order valence-electron chi connectivity index (χ4n) is 1.15. The molecule has 0 rings (SSSR count). The van der Waals surface area contributed by atoms with Crippen LogP contribution in [0.1, 0.15) is 20.8 Å². The molecule has 110 valence electrons. The van der Waals surface area contributed by atoms with Crippen LogP contribution in [-0.2, 0) is 0 Å². The van der Waals surface area contributed by atoms with Gasteiger partial charge in [-0.25, -0.2) is 0 Å². The molecule has 5 heteroatoms. The van der Waals surface area contributed by atoms with Gasteiger partial charge in [0.2, 0.25) is 0 Å². The molecular weight excluding hydrogens is 250 g/mol. The molecule has 0 spiro atoms. The van der Waals surface area contributed by atoms with Crippen LogP contribution in [-0.4, -0.2) is 19.0 Å². The van der Waals surface area contributed by atoms with Crippen molar-refractivity contribution >= 4 is 0 Å². The van der Waals surface area contributed by atoms with E-state index in [0.29, 0.717) is 11.5 Å². The second kappa shape index (κ2) is 8.74. The van der Waals surface area contributed by atoms with Gasteiger partial charge in [-0.15, -0.1) is 5.11 Å². The first-order valence-corrected chi connectivity index (χ1v) is 6.29. The van der Waals surface area contributed by atoms with Crippen molar-refractivity contribution in [2.45, 2.75) is 20.8 Å². The maximum absolute atomic E-state index is 5.60. The lowest BCUT2D eigenvalue weighted by atomic mass is 10.3. The molecule has 0 aromatic heterocycles. The molecule has 0 saturated carbocycles. The molecule has 3 N–H and O–H groups in total. The van der Waals surface area contributed by atoms with E-state index >= 15 is 0 Å². The van der Waals surface area contributed by atoms with E-state index in [9.17, 15) is 0 Å². The third-order valence-corrected chi connectivity index (χ3v) is 2.88. The Morgan fingerprint density at radius 3 is 2.30 bits per heavy atom. The van der Waals surface area contributed by atoms with Crippen LogP contribution in [0.4, 0.5) is 0 Å². The van der Waals surface area contributed by atoms with Gasteiger partial charge in [0, 0.05) is 31.2 Å². The molecule has 0 amide bonds. The maximum atomic E-state index is 5.60. The van der Waals surface area contributed by atoms with Gasteiger partial charge in [-0.3, -0.25) is 0 Å². The van der Waals surface area contributed by atoms with Crippen molar-refractivity contribution in [3.63, 3.8) is 0 Å². The Balaban J connectivity index is 4.85. The number of azo groups is 1. The lowest BCUT2D eigenvalue weighted by molar-refractivity contribution is 0.498. The van der Waals surface area contributed by atoms with Crippen LogP contribution in [0.3, 0.4) is 0 Å². The van der Waals surface area contributed by atoms with Crippen LogP contribution in [0.15, 0.2) is 70.2 Å². The summed E-state index contributed by atoms with van der Waals surface area (Å²) in [5.41, 5.74) is 9.01. The Morgan fingerprint density at radius 1 is 1.20 bits per heavy atom. The third kappa shape index (κ3) is 6.04. The second-order valence-electron chi connectivity index (χ2n) is 4.31. The summed E-state index contributed by atoms with van der Waals surface area (Å²) in [5, 5.41) is 11.3. The molecule has 0 fully saturated rings. The van der Waals surface area contributed by atoms with Gasteiger partial charge < -0.3 is 16.0 Å².